The van der Waals surface area contributed by atoms with Gasteiger partial charge in [-0.1, -0.05) is 137 Å². The standard InChI is InChI=1S/C23H39Br/c1-2-3-4-5-6-7-8-9-10-11-12-13-15-20-23(21-24)22-18-16-14-17-19-22/h14,16-19,23H,2-13,15,20-21H2,1H3. The molecule has 0 saturated carbocycles. The lowest BCUT2D eigenvalue weighted by molar-refractivity contribution is 0.527. The van der Waals surface area contributed by atoms with Gasteiger partial charge in [0, 0.05) is 5.33 Å². The lowest BCUT2D eigenvalue weighted by atomic mass is 9.94. The van der Waals surface area contributed by atoms with Crippen LogP contribution in [0.1, 0.15) is 108 Å². The molecule has 0 aromatic heterocycles. The maximum atomic E-state index is 3.69. The van der Waals surface area contributed by atoms with Gasteiger partial charge in [0.15, 0.2) is 0 Å². The van der Waals surface area contributed by atoms with Gasteiger partial charge in [0.05, 0.1) is 0 Å². The van der Waals surface area contributed by atoms with E-state index in [1.807, 2.05) is 0 Å². The summed E-state index contributed by atoms with van der Waals surface area (Å²) >= 11 is 3.69. The summed E-state index contributed by atoms with van der Waals surface area (Å²) in [6.07, 6.45) is 20.0. The molecule has 1 aromatic carbocycles. The van der Waals surface area contributed by atoms with Crippen LogP contribution in [0.25, 0.3) is 0 Å². The molecular weight excluding hydrogens is 356 g/mol. The number of halogens is 1. The van der Waals surface area contributed by atoms with Gasteiger partial charge >= 0.3 is 0 Å². The van der Waals surface area contributed by atoms with Crippen LogP contribution in [0.15, 0.2) is 30.3 Å². The van der Waals surface area contributed by atoms with Gasteiger partial charge in [-0.2, -0.15) is 0 Å². The fraction of sp³-hybridized carbons (Fsp3) is 0.739. The van der Waals surface area contributed by atoms with E-state index < -0.39 is 0 Å². The molecule has 0 spiro atoms. The van der Waals surface area contributed by atoms with Crippen LogP contribution in [0.2, 0.25) is 0 Å². The lowest BCUT2D eigenvalue weighted by Gasteiger charge is -2.14. The van der Waals surface area contributed by atoms with E-state index in [0.717, 1.165) is 5.33 Å². The summed E-state index contributed by atoms with van der Waals surface area (Å²) in [5.41, 5.74) is 1.49. The van der Waals surface area contributed by atoms with E-state index in [2.05, 4.69) is 53.2 Å². The third kappa shape index (κ3) is 11.3. The van der Waals surface area contributed by atoms with Crippen LogP contribution in [-0.2, 0) is 0 Å². The molecule has 1 heteroatoms. The molecule has 0 bridgehead atoms. The van der Waals surface area contributed by atoms with E-state index in [4.69, 9.17) is 0 Å². The van der Waals surface area contributed by atoms with Crippen molar-refractivity contribution in [3.8, 4) is 0 Å². The number of alkyl halides is 1. The molecule has 1 aromatic rings. The van der Waals surface area contributed by atoms with Crippen molar-refractivity contribution in [2.24, 2.45) is 0 Å². The first-order valence-corrected chi connectivity index (χ1v) is 11.6. The van der Waals surface area contributed by atoms with E-state index in [-0.39, 0.29) is 0 Å². The molecule has 1 atom stereocenters. The minimum absolute atomic E-state index is 0.693. The van der Waals surface area contributed by atoms with Crippen LogP contribution in [-0.4, -0.2) is 5.33 Å². The van der Waals surface area contributed by atoms with Gasteiger partial charge in [-0.15, -0.1) is 0 Å². The van der Waals surface area contributed by atoms with Crippen molar-refractivity contribution in [2.75, 3.05) is 5.33 Å². The second kappa shape index (κ2) is 16.2. The zero-order chi connectivity index (χ0) is 17.3. The Balaban J connectivity index is 1.88. The average molecular weight is 395 g/mol. The van der Waals surface area contributed by atoms with Gasteiger partial charge in [0.25, 0.3) is 0 Å². The van der Waals surface area contributed by atoms with Gasteiger partial charge in [-0.25, -0.2) is 0 Å². The Hall–Kier alpha value is -0.300. The Bertz CT molecular complexity index is 360. The second-order valence-corrected chi connectivity index (χ2v) is 7.94. The summed E-state index contributed by atoms with van der Waals surface area (Å²) in [7, 11) is 0. The summed E-state index contributed by atoms with van der Waals surface area (Å²) in [6, 6.07) is 11.0. The highest BCUT2D eigenvalue weighted by molar-refractivity contribution is 9.09. The van der Waals surface area contributed by atoms with Crippen molar-refractivity contribution in [1.29, 1.82) is 0 Å². The molecule has 0 aliphatic heterocycles. The van der Waals surface area contributed by atoms with Crippen LogP contribution in [0, 0.1) is 0 Å². The summed E-state index contributed by atoms with van der Waals surface area (Å²) in [4.78, 5) is 0. The molecule has 0 aliphatic rings. The number of unbranched alkanes of at least 4 members (excludes halogenated alkanes) is 12. The van der Waals surface area contributed by atoms with Gasteiger partial charge < -0.3 is 0 Å². The van der Waals surface area contributed by atoms with Crippen LogP contribution in [0.4, 0.5) is 0 Å². The van der Waals surface area contributed by atoms with Gasteiger partial charge in [0.2, 0.25) is 0 Å². The van der Waals surface area contributed by atoms with Crippen LogP contribution >= 0.6 is 15.9 Å². The molecular formula is C23H39Br. The van der Waals surface area contributed by atoms with E-state index >= 15 is 0 Å². The zero-order valence-electron chi connectivity index (χ0n) is 15.9. The highest BCUT2D eigenvalue weighted by Gasteiger charge is 2.08. The molecule has 0 aliphatic carbocycles. The fourth-order valence-corrected chi connectivity index (χ4v) is 4.16. The predicted octanol–water partition coefficient (Wildman–Crippen LogP) is 8.65. The monoisotopic (exact) mass is 394 g/mol. The molecule has 138 valence electrons. The van der Waals surface area contributed by atoms with Gasteiger partial charge in [0.1, 0.15) is 0 Å². The summed E-state index contributed by atoms with van der Waals surface area (Å²) in [5, 5.41) is 1.09. The maximum Gasteiger partial charge on any atom is 0.0100 e. The maximum absolute atomic E-state index is 3.69. The molecule has 0 nitrogen and oxygen atoms in total. The van der Waals surface area contributed by atoms with Crippen LogP contribution in [0.5, 0.6) is 0 Å². The van der Waals surface area contributed by atoms with Crippen molar-refractivity contribution in [3.63, 3.8) is 0 Å². The number of rotatable bonds is 16. The van der Waals surface area contributed by atoms with Crippen molar-refractivity contribution in [3.05, 3.63) is 35.9 Å². The topological polar surface area (TPSA) is 0 Å². The van der Waals surface area contributed by atoms with E-state index in [1.165, 1.54) is 95.5 Å². The highest BCUT2D eigenvalue weighted by Crippen LogP contribution is 2.24. The average Bonchev–Trinajstić information content (AvgIpc) is 2.63. The minimum Gasteiger partial charge on any atom is -0.0921 e. The van der Waals surface area contributed by atoms with Gasteiger partial charge in [-0.3, -0.25) is 0 Å². The molecule has 0 heterocycles. The minimum atomic E-state index is 0.693. The van der Waals surface area contributed by atoms with Crippen LogP contribution in [0.3, 0.4) is 0 Å². The quantitative estimate of drug-likeness (QED) is 0.194. The number of hydrogen-bond acceptors (Lipinski definition) is 0. The molecule has 0 saturated heterocycles. The van der Waals surface area contributed by atoms with E-state index in [9.17, 15) is 0 Å². The molecule has 24 heavy (non-hydrogen) atoms. The zero-order valence-corrected chi connectivity index (χ0v) is 17.5. The van der Waals surface area contributed by atoms with Crippen molar-refractivity contribution < 1.29 is 0 Å². The molecule has 1 rings (SSSR count). The second-order valence-electron chi connectivity index (χ2n) is 7.29. The molecule has 1 unspecified atom stereocenters. The summed E-state index contributed by atoms with van der Waals surface area (Å²) in [5.74, 6) is 0.693. The third-order valence-corrected chi connectivity index (χ3v) is 5.89. The lowest BCUT2D eigenvalue weighted by Crippen LogP contribution is -2.00. The van der Waals surface area contributed by atoms with E-state index in [1.54, 1.807) is 0 Å². The fourth-order valence-electron chi connectivity index (χ4n) is 3.47. The molecule has 0 radical (unpaired) electrons. The Morgan fingerprint density at radius 1 is 0.667 bits per heavy atom. The van der Waals surface area contributed by atoms with E-state index in [0.29, 0.717) is 5.92 Å². The largest absolute Gasteiger partial charge is 0.0921 e. The van der Waals surface area contributed by atoms with Crippen LogP contribution < -0.4 is 0 Å². The Labute approximate surface area is 160 Å². The summed E-state index contributed by atoms with van der Waals surface area (Å²) in [6.45, 7) is 2.29. The van der Waals surface area contributed by atoms with Crippen molar-refractivity contribution in [1.82, 2.24) is 0 Å². The van der Waals surface area contributed by atoms with Crippen molar-refractivity contribution >= 4 is 15.9 Å². The Morgan fingerprint density at radius 3 is 1.58 bits per heavy atom. The SMILES string of the molecule is CCCCCCCCCCCCCCCC(CBr)c1ccccc1. The Kier molecular flexibility index (Phi) is 14.7. The normalized spacial score (nSPS) is 12.4. The molecule has 0 fully saturated rings. The number of hydrogen-bond donors (Lipinski definition) is 0. The number of benzene rings is 1. The first-order valence-electron chi connectivity index (χ1n) is 10.5. The first-order chi connectivity index (χ1) is 11.9. The summed E-state index contributed by atoms with van der Waals surface area (Å²) < 4.78 is 0. The Morgan fingerprint density at radius 2 is 1.12 bits per heavy atom. The van der Waals surface area contributed by atoms with Gasteiger partial charge in [-0.05, 0) is 17.9 Å². The molecule has 0 amide bonds. The smallest absolute Gasteiger partial charge is 0.0100 e. The third-order valence-electron chi connectivity index (χ3n) is 5.11. The van der Waals surface area contributed by atoms with Crippen molar-refractivity contribution in [2.45, 2.75) is 103 Å². The predicted molar refractivity (Wildman–Crippen MR) is 113 cm³/mol. The highest BCUT2D eigenvalue weighted by atomic mass is 79.9. The molecule has 0 N–H and O–H groups in total. The first kappa shape index (κ1) is 21.7.